The second-order valence-corrected chi connectivity index (χ2v) is 20.1. The third-order valence-electron chi connectivity index (χ3n) is 13.7. The molecule has 2 atom stereocenters. The van der Waals surface area contributed by atoms with Crippen LogP contribution in [0.25, 0.3) is 0 Å². The van der Waals surface area contributed by atoms with Gasteiger partial charge in [0.25, 0.3) is 0 Å². The van der Waals surface area contributed by atoms with Gasteiger partial charge in [-0.05, 0) is 32.1 Å². The fourth-order valence-corrected chi connectivity index (χ4v) is 9.26. The Labute approximate surface area is 396 Å². The number of allylic oxidation sites excluding steroid dienone is 3. The van der Waals surface area contributed by atoms with E-state index in [9.17, 15) is 15.0 Å². The number of nitrogens with one attached hydrogen (secondary N) is 1. The molecule has 1 amide bonds. The van der Waals surface area contributed by atoms with Crippen LogP contribution in [0.3, 0.4) is 0 Å². The number of rotatable bonds is 54. The molecule has 0 aliphatic carbocycles. The van der Waals surface area contributed by atoms with Gasteiger partial charge in [0.2, 0.25) is 5.91 Å². The molecule has 0 aromatic rings. The van der Waals surface area contributed by atoms with Gasteiger partial charge in [-0.2, -0.15) is 0 Å². The highest BCUT2D eigenvalue weighted by Crippen LogP contribution is 2.18. The van der Waals surface area contributed by atoms with Gasteiger partial charge < -0.3 is 15.5 Å². The van der Waals surface area contributed by atoms with Gasteiger partial charge in [0.1, 0.15) is 0 Å². The number of hydrogen-bond acceptors (Lipinski definition) is 3. The van der Waals surface area contributed by atoms with Gasteiger partial charge in [-0.15, -0.1) is 0 Å². The lowest BCUT2D eigenvalue weighted by atomic mass is 10.0. The second kappa shape index (κ2) is 55.2. The third kappa shape index (κ3) is 51.7. The van der Waals surface area contributed by atoms with Gasteiger partial charge in [-0.25, -0.2) is 0 Å². The maximum absolute atomic E-state index is 12.5. The van der Waals surface area contributed by atoms with Crippen molar-refractivity contribution in [3.05, 3.63) is 24.3 Å². The first kappa shape index (κ1) is 61.9. The Balaban J connectivity index is 3.47. The number of carbonyl (C=O) groups is 1. The van der Waals surface area contributed by atoms with Crippen molar-refractivity contribution in [1.82, 2.24) is 5.32 Å². The smallest absolute Gasteiger partial charge is 0.220 e. The van der Waals surface area contributed by atoms with Crippen molar-refractivity contribution in [3.8, 4) is 0 Å². The summed E-state index contributed by atoms with van der Waals surface area (Å²) in [6, 6.07) is -0.636. The Bertz CT molecular complexity index is 916. The van der Waals surface area contributed by atoms with E-state index >= 15 is 0 Å². The average molecular weight is 887 g/mol. The van der Waals surface area contributed by atoms with E-state index in [1.165, 1.54) is 276 Å². The van der Waals surface area contributed by atoms with E-state index in [4.69, 9.17) is 0 Å². The van der Waals surface area contributed by atoms with Crippen LogP contribution in [0.4, 0.5) is 0 Å². The molecule has 4 nitrogen and oxygen atoms in total. The minimum atomic E-state index is -0.860. The van der Waals surface area contributed by atoms with E-state index in [2.05, 4.69) is 31.3 Å². The minimum Gasteiger partial charge on any atom is -0.394 e. The van der Waals surface area contributed by atoms with E-state index in [0.717, 1.165) is 32.1 Å². The van der Waals surface area contributed by atoms with Crippen molar-refractivity contribution in [1.29, 1.82) is 0 Å². The molecule has 63 heavy (non-hydrogen) atoms. The molecule has 0 spiro atoms. The van der Waals surface area contributed by atoms with E-state index in [0.29, 0.717) is 6.42 Å². The lowest BCUT2D eigenvalue weighted by molar-refractivity contribution is -0.123. The first-order valence-corrected chi connectivity index (χ1v) is 29.1. The van der Waals surface area contributed by atoms with Gasteiger partial charge in [-0.3, -0.25) is 4.79 Å². The molecule has 0 aliphatic rings. The molecule has 0 bridgehead atoms. The van der Waals surface area contributed by atoms with Gasteiger partial charge in [0, 0.05) is 6.42 Å². The first-order valence-electron chi connectivity index (χ1n) is 29.1. The second-order valence-electron chi connectivity index (χ2n) is 20.1. The molecule has 0 saturated carbocycles. The Kier molecular flexibility index (Phi) is 54.2. The molecule has 4 heteroatoms. The summed E-state index contributed by atoms with van der Waals surface area (Å²) in [5.74, 6) is -0.0669. The maximum Gasteiger partial charge on any atom is 0.220 e. The van der Waals surface area contributed by atoms with Crippen LogP contribution in [0.1, 0.15) is 328 Å². The highest BCUT2D eigenvalue weighted by atomic mass is 16.3. The molecule has 0 aromatic heterocycles. The van der Waals surface area contributed by atoms with Crippen LogP contribution in [0.2, 0.25) is 0 Å². The molecule has 0 fully saturated rings. The van der Waals surface area contributed by atoms with Gasteiger partial charge in [0.05, 0.1) is 18.8 Å². The van der Waals surface area contributed by atoms with Crippen molar-refractivity contribution < 1.29 is 15.0 Å². The molecular weight excluding hydrogens is 771 g/mol. The summed E-state index contributed by atoms with van der Waals surface area (Å²) in [5, 5.41) is 23.2. The Hall–Kier alpha value is -1.13. The number of aliphatic hydroxyl groups excluding tert-OH is 2. The molecule has 3 N–H and O–H groups in total. The highest BCUT2D eigenvalue weighted by Gasteiger charge is 2.18. The summed E-state index contributed by atoms with van der Waals surface area (Å²) in [7, 11) is 0. The van der Waals surface area contributed by atoms with Crippen LogP contribution in [0, 0.1) is 0 Å². The molecule has 0 aromatic carbocycles. The zero-order valence-electron chi connectivity index (χ0n) is 43.1. The van der Waals surface area contributed by atoms with Crippen LogP contribution in [0.5, 0.6) is 0 Å². The predicted molar refractivity (Wildman–Crippen MR) is 281 cm³/mol. The topological polar surface area (TPSA) is 69.6 Å². The molecule has 0 heterocycles. The molecule has 0 radical (unpaired) electrons. The van der Waals surface area contributed by atoms with Gasteiger partial charge in [0.15, 0.2) is 0 Å². The van der Waals surface area contributed by atoms with Crippen LogP contribution in [0.15, 0.2) is 24.3 Å². The quantitative estimate of drug-likeness (QED) is 0.0421. The third-order valence-corrected chi connectivity index (χ3v) is 13.7. The van der Waals surface area contributed by atoms with Crippen molar-refractivity contribution in [2.75, 3.05) is 6.61 Å². The standard InChI is InChI=1S/C59H115NO3/c1-3-5-7-9-11-13-15-17-19-21-23-25-26-27-28-29-30-31-32-33-34-35-36-38-40-42-44-46-48-50-52-54-58(62)57(56-61)60-59(63)55-53-51-49-47-45-43-41-39-37-24-22-20-18-16-14-12-10-8-6-4-2/h44,46,52,54,57-58,61-62H,3-43,45,47-51,53,55-56H2,1-2H3,(H,60,63)/b46-44+,54-52+. The Morgan fingerprint density at radius 2 is 0.619 bits per heavy atom. The van der Waals surface area contributed by atoms with E-state index in [1.807, 2.05) is 6.08 Å². The molecule has 0 aliphatic heterocycles. The average Bonchev–Trinajstić information content (AvgIpc) is 3.29. The minimum absolute atomic E-state index is 0.0669. The summed E-state index contributed by atoms with van der Waals surface area (Å²) in [6.07, 6.45) is 73.6. The fourth-order valence-electron chi connectivity index (χ4n) is 9.26. The molecular formula is C59H115NO3. The molecule has 2 unspecified atom stereocenters. The number of carbonyl (C=O) groups excluding carboxylic acids is 1. The summed E-state index contributed by atoms with van der Waals surface area (Å²) in [6.45, 7) is 4.34. The number of unbranched alkanes of at least 4 members (excludes halogenated alkanes) is 45. The Morgan fingerprint density at radius 1 is 0.365 bits per heavy atom. The van der Waals surface area contributed by atoms with E-state index in [1.54, 1.807) is 6.08 Å². The van der Waals surface area contributed by atoms with Crippen LogP contribution >= 0.6 is 0 Å². The number of hydrogen-bond donors (Lipinski definition) is 3. The van der Waals surface area contributed by atoms with Gasteiger partial charge in [-0.1, -0.05) is 314 Å². The SMILES string of the molecule is CCCCCCCCCCCCCCCCCCCCCCCCCCC/C=C/CC/C=C/C(O)C(CO)NC(=O)CCCCCCCCCCCCCCCCCCCCCC. The zero-order chi connectivity index (χ0) is 45.6. The van der Waals surface area contributed by atoms with Gasteiger partial charge >= 0.3 is 0 Å². The summed E-state index contributed by atoms with van der Waals surface area (Å²) in [5.41, 5.74) is 0. The molecule has 0 rings (SSSR count). The highest BCUT2D eigenvalue weighted by molar-refractivity contribution is 5.76. The predicted octanol–water partition coefficient (Wildman–Crippen LogP) is 19.1. The van der Waals surface area contributed by atoms with Crippen LogP contribution in [-0.4, -0.2) is 34.9 Å². The molecule has 374 valence electrons. The van der Waals surface area contributed by atoms with Crippen molar-refractivity contribution in [2.24, 2.45) is 0 Å². The number of amides is 1. The Morgan fingerprint density at radius 3 is 0.921 bits per heavy atom. The molecule has 0 saturated heterocycles. The van der Waals surface area contributed by atoms with E-state index < -0.39 is 12.1 Å². The van der Waals surface area contributed by atoms with Crippen molar-refractivity contribution in [3.63, 3.8) is 0 Å². The maximum atomic E-state index is 12.5. The summed E-state index contributed by atoms with van der Waals surface area (Å²) >= 11 is 0. The summed E-state index contributed by atoms with van der Waals surface area (Å²) < 4.78 is 0. The first-order chi connectivity index (χ1) is 31.2. The fraction of sp³-hybridized carbons (Fsp3) is 0.915. The van der Waals surface area contributed by atoms with Crippen LogP contribution in [-0.2, 0) is 4.79 Å². The lowest BCUT2D eigenvalue weighted by Gasteiger charge is -2.19. The van der Waals surface area contributed by atoms with Crippen LogP contribution < -0.4 is 5.32 Å². The monoisotopic (exact) mass is 886 g/mol. The zero-order valence-corrected chi connectivity index (χ0v) is 43.1. The largest absolute Gasteiger partial charge is 0.394 e. The lowest BCUT2D eigenvalue weighted by Crippen LogP contribution is -2.45. The van der Waals surface area contributed by atoms with E-state index in [-0.39, 0.29) is 12.5 Å². The normalized spacial score (nSPS) is 12.9. The number of aliphatic hydroxyl groups is 2. The summed E-state index contributed by atoms with van der Waals surface area (Å²) in [4.78, 5) is 12.5. The van der Waals surface area contributed by atoms with Crippen molar-refractivity contribution >= 4 is 5.91 Å². The van der Waals surface area contributed by atoms with Crippen molar-refractivity contribution in [2.45, 2.75) is 341 Å².